The fourth-order valence-electron chi connectivity index (χ4n) is 3.67. The Morgan fingerprint density at radius 3 is 2.56 bits per heavy atom. The normalized spacial score (nSPS) is 15.6. The van der Waals surface area contributed by atoms with Crippen molar-refractivity contribution in [1.82, 2.24) is 14.9 Å². The van der Waals surface area contributed by atoms with Crippen LogP contribution in [-0.2, 0) is 6.54 Å². The van der Waals surface area contributed by atoms with Crippen LogP contribution in [0.15, 0.2) is 35.1 Å². The van der Waals surface area contributed by atoms with Crippen LogP contribution in [0.1, 0.15) is 29.8 Å². The van der Waals surface area contributed by atoms with E-state index >= 15 is 0 Å². The van der Waals surface area contributed by atoms with Gasteiger partial charge < -0.3 is 10.2 Å². The Kier molecular flexibility index (Phi) is 5.53. The molecule has 0 saturated carbocycles. The van der Waals surface area contributed by atoms with Crippen molar-refractivity contribution >= 4 is 5.69 Å². The molecule has 0 unspecified atom stereocenters. The highest BCUT2D eigenvalue weighted by Gasteiger charge is 2.19. The molecule has 1 aromatic carbocycles. The Morgan fingerprint density at radius 2 is 1.88 bits per heavy atom. The van der Waals surface area contributed by atoms with E-state index in [1.165, 1.54) is 11.3 Å². The number of hydrogen-bond donors (Lipinski definition) is 1. The summed E-state index contributed by atoms with van der Waals surface area (Å²) in [4.78, 5) is 18.5. The maximum absolute atomic E-state index is 12.0. The van der Waals surface area contributed by atoms with Crippen molar-refractivity contribution < 1.29 is 0 Å². The Hall–Kier alpha value is -2.14. The molecule has 134 valence electrons. The minimum absolute atomic E-state index is 0.145. The standard InChI is InChI=1S/C20H28N4O/c1-15-6-4-5-7-19(15)23-11-8-18(9-12-23)21-10-13-24-17(3)14-16(2)22-20(24)25/h4-7,14,18,21H,8-13H2,1-3H3. The third kappa shape index (κ3) is 4.28. The summed E-state index contributed by atoms with van der Waals surface area (Å²) < 4.78 is 1.75. The Bertz CT molecular complexity index is 776. The number of aromatic nitrogens is 2. The molecule has 0 spiro atoms. The number of hydrogen-bond acceptors (Lipinski definition) is 4. The maximum atomic E-state index is 12.0. The number of piperidine rings is 1. The zero-order chi connectivity index (χ0) is 17.8. The molecule has 1 fully saturated rings. The zero-order valence-electron chi connectivity index (χ0n) is 15.5. The van der Waals surface area contributed by atoms with Gasteiger partial charge in [-0.3, -0.25) is 4.57 Å². The monoisotopic (exact) mass is 340 g/mol. The Morgan fingerprint density at radius 1 is 1.16 bits per heavy atom. The van der Waals surface area contributed by atoms with Crippen molar-refractivity contribution in [2.45, 2.75) is 46.2 Å². The zero-order valence-corrected chi connectivity index (χ0v) is 15.5. The van der Waals surface area contributed by atoms with Crippen LogP contribution < -0.4 is 15.9 Å². The molecule has 0 aliphatic carbocycles. The van der Waals surface area contributed by atoms with Gasteiger partial charge in [-0.2, -0.15) is 4.98 Å². The molecule has 2 aromatic rings. The topological polar surface area (TPSA) is 50.2 Å². The van der Waals surface area contributed by atoms with E-state index in [0.717, 1.165) is 43.9 Å². The number of nitrogens with one attached hydrogen (secondary N) is 1. The highest BCUT2D eigenvalue weighted by Crippen LogP contribution is 2.23. The summed E-state index contributed by atoms with van der Waals surface area (Å²) in [5.74, 6) is 0. The summed E-state index contributed by atoms with van der Waals surface area (Å²) >= 11 is 0. The largest absolute Gasteiger partial charge is 0.371 e. The highest BCUT2D eigenvalue weighted by molar-refractivity contribution is 5.53. The van der Waals surface area contributed by atoms with Gasteiger partial charge in [0, 0.05) is 49.3 Å². The van der Waals surface area contributed by atoms with Gasteiger partial charge in [0.1, 0.15) is 0 Å². The first-order chi connectivity index (χ1) is 12.0. The van der Waals surface area contributed by atoms with E-state index in [1.807, 2.05) is 19.9 Å². The molecule has 25 heavy (non-hydrogen) atoms. The van der Waals surface area contributed by atoms with Crippen molar-refractivity contribution in [3.63, 3.8) is 0 Å². The fraction of sp³-hybridized carbons (Fsp3) is 0.500. The summed E-state index contributed by atoms with van der Waals surface area (Å²) in [5, 5.41) is 3.61. The number of aryl methyl sites for hydroxylation is 3. The van der Waals surface area contributed by atoms with Gasteiger partial charge in [0.2, 0.25) is 0 Å². The predicted molar refractivity (Wildman–Crippen MR) is 102 cm³/mol. The van der Waals surface area contributed by atoms with Crippen LogP contribution in [0.5, 0.6) is 0 Å². The van der Waals surface area contributed by atoms with Crippen LogP contribution >= 0.6 is 0 Å². The molecule has 1 saturated heterocycles. The number of rotatable bonds is 5. The van der Waals surface area contributed by atoms with Crippen LogP contribution in [0, 0.1) is 20.8 Å². The highest BCUT2D eigenvalue weighted by atomic mass is 16.1. The van der Waals surface area contributed by atoms with Gasteiger partial charge in [0.25, 0.3) is 0 Å². The van der Waals surface area contributed by atoms with E-state index < -0.39 is 0 Å². The van der Waals surface area contributed by atoms with Crippen LogP contribution in [0.4, 0.5) is 5.69 Å². The number of nitrogens with zero attached hydrogens (tertiary/aromatic N) is 3. The molecular weight excluding hydrogens is 312 g/mol. The van der Waals surface area contributed by atoms with E-state index in [-0.39, 0.29) is 5.69 Å². The van der Waals surface area contributed by atoms with Gasteiger partial charge >= 0.3 is 5.69 Å². The lowest BCUT2D eigenvalue weighted by Gasteiger charge is -2.35. The summed E-state index contributed by atoms with van der Waals surface area (Å²) in [7, 11) is 0. The van der Waals surface area contributed by atoms with Crippen LogP contribution in [-0.4, -0.2) is 35.2 Å². The summed E-state index contributed by atoms with van der Waals surface area (Å²) in [6.07, 6.45) is 2.27. The average molecular weight is 340 g/mol. The van der Waals surface area contributed by atoms with Crippen LogP contribution in [0.2, 0.25) is 0 Å². The number of anilines is 1. The molecule has 0 amide bonds. The van der Waals surface area contributed by atoms with E-state index in [4.69, 9.17) is 0 Å². The second-order valence-electron chi connectivity index (χ2n) is 6.98. The van der Waals surface area contributed by atoms with Gasteiger partial charge in [0.15, 0.2) is 0 Å². The van der Waals surface area contributed by atoms with Gasteiger partial charge in [-0.25, -0.2) is 4.79 Å². The minimum Gasteiger partial charge on any atom is -0.371 e. The fourth-order valence-corrected chi connectivity index (χ4v) is 3.67. The number of benzene rings is 1. The van der Waals surface area contributed by atoms with Crippen LogP contribution in [0.3, 0.4) is 0 Å². The van der Waals surface area contributed by atoms with Crippen molar-refractivity contribution in [1.29, 1.82) is 0 Å². The predicted octanol–water partition coefficient (Wildman–Crippen LogP) is 2.43. The maximum Gasteiger partial charge on any atom is 0.347 e. The van der Waals surface area contributed by atoms with Crippen molar-refractivity contribution in [3.05, 3.63) is 57.8 Å². The van der Waals surface area contributed by atoms with E-state index in [2.05, 4.69) is 46.4 Å². The first-order valence-electron chi connectivity index (χ1n) is 9.13. The van der Waals surface area contributed by atoms with Crippen molar-refractivity contribution in [2.75, 3.05) is 24.5 Å². The molecule has 1 aliphatic heterocycles. The smallest absolute Gasteiger partial charge is 0.347 e. The quantitative estimate of drug-likeness (QED) is 0.908. The molecule has 0 bridgehead atoms. The van der Waals surface area contributed by atoms with Crippen LogP contribution in [0.25, 0.3) is 0 Å². The molecule has 2 heterocycles. The van der Waals surface area contributed by atoms with E-state index in [1.54, 1.807) is 4.57 Å². The second-order valence-corrected chi connectivity index (χ2v) is 6.98. The first-order valence-corrected chi connectivity index (χ1v) is 9.13. The minimum atomic E-state index is -0.145. The SMILES string of the molecule is Cc1cc(C)n(CCNC2CCN(c3ccccc3C)CC2)c(=O)n1. The second kappa shape index (κ2) is 7.83. The molecule has 1 N–H and O–H groups in total. The van der Waals surface area contributed by atoms with Gasteiger partial charge in [0.05, 0.1) is 0 Å². The van der Waals surface area contributed by atoms with Gasteiger partial charge in [-0.15, -0.1) is 0 Å². The average Bonchev–Trinajstić information content (AvgIpc) is 2.58. The Balaban J connectivity index is 1.49. The summed E-state index contributed by atoms with van der Waals surface area (Å²) in [5.41, 5.74) is 4.32. The first kappa shape index (κ1) is 17.7. The van der Waals surface area contributed by atoms with Gasteiger partial charge in [-0.05, 0) is 51.3 Å². The molecule has 0 atom stereocenters. The molecule has 5 nitrogen and oxygen atoms in total. The number of para-hydroxylation sites is 1. The van der Waals surface area contributed by atoms with E-state index in [0.29, 0.717) is 12.6 Å². The summed E-state index contributed by atoms with van der Waals surface area (Å²) in [6, 6.07) is 11.1. The van der Waals surface area contributed by atoms with Crippen molar-refractivity contribution in [2.24, 2.45) is 0 Å². The lowest BCUT2D eigenvalue weighted by atomic mass is 10.0. The third-order valence-electron chi connectivity index (χ3n) is 5.07. The van der Waals surface area contributed by atoms with Gasteiger partial charge in [-0.1, -0.05) is 18.2 Å². The lowest BCUT2D eigenvalue weighted by Crippen LogP contribution is -2.44. The van der Waals surface area contributed by atoms with E-state index in [9.17, 15) is 4.79 Å². The molecule has 3 rings (SSSR count). The molecule has 1 aliphatic rings. The van der Waals surface area contributed by atoms with Crippen molar-refractivity contribution in [3.8, 4) is 0 Å². The summed E-state index contributed by atoms with van der Waals surface area (Å²) in [6.45, 7) is 9.64. The molecular formula is C20H28N4O. The molecule has 1 aromatic heterocycles. The molecule has 0 radical (unpaired) electrons. The Labute approximate surface area is 149 Å². The lowest BCUT2D eigenvalue weighted by molar-refractivity contribution is 0.403. The third-order valence-corrected chi connectivity index (χ3v) is 5.07. The molecule has 5 heteroatoms.